The molecule has 92 valence electrons. The number of carbonyl (C=O) groups excluding carboxylic acids is 1. The molecule has 0 saturated heterocycles. The maximum absolute atomic E-state index is 12.0. The maximum Gasteiger partial charge on any atom is 0.224 e. The third-order valence-electron chi connectivity index (χ3n) is 3.48. The van der Waals surface area contributed by atoms with Gasteiger partial charge in [0.1, 0.15) is 0 Å². The van der Waals surface area contributed by atoms with E-state index in [9.17, 15) is 4.79 Å². The highest BCUT2D eigenvalue weighted by Crippen LogP contribution is 2.47. The Balaban J connectivity index is 1.88. The first-order chi connectivity index (χ1) is 8.26. The van der Waals surface area contributed by atoms with Gasteiger partial charge < -0.3 is 11.1 Å². The number of carbonyl (C=O) groups is 1. The Hall–Kier alpha value is -1.35. The van der Waals surface area contributed by atoms with Gasteiger partial charge in [-0.05, 0) is 24.3 Å². The maximum atomic E-state index is 12.0. The lowest BCUT2D eigenvalue weighted by Gasteiger charge is -2.14. The van der Waals surface area contributed by atoms with E-state index in [-0.39, 0.29) is 17.9 Å². The van der Waals surface area contributed by atoms with E-state index in [1.807, 2.05) is 25.1 Å². The average Bonchev–Trinajstić information content (AvgIpc) is 3.17. The van der Waals surface area contributed by atoms with Gasteiger partial charge in [0.05, 0.1) is 0 Å². The van der Waals surface area contributed by atoms with Crippen molar-refractivity contribution < 1.29 is 4.79 Å². The standard InChI is InChI=1S/C14H20N2O/c1-2-11(9-15)16-14(17)13-8-12(13)10-6-4-3-5-7-10/h3-7,11-13H,2,8-9,15H2,1H3,(H,16,17). The van der Waals surface area contributed by atoms with Gasteiger partial charge in [-0.3, -0.25) is 4.79 Å². The van der Waals surface area contributed by atoms with Crippen LogP contribution in [-0.2, 0) is 4.79 Å². The Bertz CT molecular complexity index is 373. The van der Waals surface area contributed by atoms with E-state index >= 15 is 0 Å². The van der Waals surface area contributed by atoms with E-state index < -0.39 is 0 Å². The Kier molecular flexibility index (Phi) is 3.79. The number of benzene rings is 1. The summed E-state index contributed by atoms with van der Waals surface area (Å²) < 4.78 is 0. The Labute approximate surface area is 102 Å². The second-order valence-electron chi connectivity index (χ2n) is 4.71. The molecule has 0 bridgehead atoms. The van der Waals surface area contributed by atoms with Crippen molar-refractivity contribution in [3.8, 4) is 0 Å². The van der Waals surface area contributed by atoms with Gasteiger partial charge in [-0.15, -0.1) is 0 Å². The van der Waals surface area contributed by atoms with Gasteiger partial charge in [-0.25, -0.2) is 0 Å². The highest BCUT2D eigenvalue weighted by molar-refractivity contribution is 5.83. The van der Waals surface area contributed by atoms with Gasteiger partial charge in [0.2, 0.25) is 5.91 Å². The zero-order chi connectivity index (χ0) is 12.3. The van der Waals surface area contributed by atoms with Crippen LogP contribution in [-0.4, -0.2) is 18.5 Å². The van der Waals surface area contributed by atoms with Crippen molar-refractivity contribution in [2.45, 2.75) is 31.7 Å². The van der Waals surface area contributed by atoms with Crippen molar-refractivity contribution in [1.82, 2.24) is 5.32 Å². The minimum atomic E-state index is 0.125. The van der Waals surface area contributed by atoms with Crippen molar-refractivity contribution in [2.24, 2.45) is 11.7 Å². The monoisotopic (exact) mass is 232 g/mol. The molecule has 0 radical (unpaired) electrons. The first-order valence-electron chi connectivity index (χ1n) is 6.31. The first-order valence-corrected chi connectivity index (χ1v) is 6.31. The van der Waals surface area contributed by atoms with Crippen LogP contribution in [0.5, 0.6) is 0 Å². The second-order valence-corrected chi connectivity index (χ2v) is 4.71. The van der Waals surface area contributed by atoms with Crippen molar-refractivity contribution >= 4 is 5.91 Å². The summed E-state index contributed by atoms with van der Waals surface area (Å²) in [6.45, 7) is 2.56. The molecule has 3 unspecified atom stereocenters. The molecule has 3 atom stereocenters. The van der Waals surface area contributed by atoms with Gasteiger partial charge in [-0.2, -0.15) is 0 Å². The third-order valence-corrected chi connectivity index (χ3v) is 3.48. The summed E-state index contributed by atoms with van der Waals surface area (Å²) in [5.41, 5.74) is 6.85. The van der Waals surface area contributed by atoms with Crippen molar-refractivity contribution in [3.05, 3.63) is 35.9 Å². The Morgan fingerprint density at radius 1 is 1.47 bits per heavy atom. The summed E-state index contributed by atoms with van der Waals surface area (Å²) in [5, 5.41) is 3.01. The molecule has 3 N–H and O–H groups in total. The van der Waals surface area contributed by atoms with Crippen LogP contribution in [0.1, 0.15) is 31.2 Å². The fraction of sp³-hybridized carbons (Fsp3) is 0.500. The topological polar surface area (TPSA) is 55.1 Å². The lowest BCUT2D eigenvalue weighted by atomic mass is 10.1. The summed E-state index contributed by atoms with van der Waals surface area (Å²) in [7, 11) is 0. The summed E-state index contributed by atoms with van der Waals surface area (Å²) >= 11 is 0. The quantitative estimate of drug-likeness (QED) is 0.811. The molecule has 1 fully saturated rings. The molecule has 2 rings (SSSR count). The number of hydrogen-bond donors (Lipinski definition) is 2. The average molecular weight is 232 g/mol. The number of amides is 1. The Morgan fingerprint density at radius 2 is 2.18 bits per heavy atom. The highest BCUT2D eigenvalue weighted by Gasteiger charge is 2.43. The lowest BCUT2D eigenvalue weighted by molar-refractivity contribution is -0.123. The molecule has 1 saturated carbocycles. The fourth-order valence-electron chi connectivity index (χ4n) is 2.19. The minimum Gasteiger partial charge on any atom is -0.352 e. The van der Waals surface area contributed by atoms with Gasteiger partial charge in [0.25, 0.3) is 0 Å². The number of hydrogen-bond acceptors (Lipinski definition) is 2. The Morgan fingerprint density at radius 3 is 2.76 bits per heavy atom. The normalized spacial score (nSPS) is 24.1. The summed E-state index contributed by atoms with van der Waals surface area (Å²) in [6.07, 6.45) is 1.86. The molecule has 1 aliphatic rings. The van der Waals surface area contributed by atoms with Crippen LogP contribution < -0.4 is 11.1 Å². The van der Waals surface area contributed by atoms with Gasteiger partial charge in [0.15, 0.2) is 0 Å². The highest BCUT2D eigenvalue weighted by atomic mass is 16.2. The summed E-state index contributed by atoms with van der Waals surface area (Å²) in [5.74, 6) is 0.723. The van der Waals surface area contributed by atoms with E-state index in [0.717, 1.165) is 12.8 Å². The molecule has 1 amide bonds. The van der Waals surface area contributed by atoms with Crippen LogP contribution in [0.15, 0.2) is 30.3 Å². The fourth-order valence-corrected chi connectivity index (χ4v) is 2.19. The predicted octanol–water partition coefficient (Wildman–Crippen LogP) is 1.64. The van der Waals surface area contributed by atoms with E-state index in [4.69, 9.17) is 5.73 Å². The number of rotatable bonds is 5. The van der Waals surface area contributed by atoms with Crippen LogP contribution in [0, 0.1) is 5.92 Å². The van der Waals surface area contributed by atoms with Crippen molar-refractivity contribution in [3.63, 3.8) is 0 Å². The van der Waals surface area contributed by atoms with Gasteiger partial charge >= 0.3 is 0 Å². The zero-order valence-corrected chi connectivity index (χ0v) is 10.2. The van der Waals surface area contributed by atoms with Gasteiger partial charge in [0, 0.05) is 18.5 Å². The summed E-state index contributed by atoms with van der Waals surface area (Å²) in [4.78, 5) is 12.0. The SMILES string of the molecule is CCC(CN)NC(=O)C1CC1c1ccccc1. The molecular weight excluding hydrogens is 212 g/mol. The van der Waals surface area contributed by atoms with Gasteiger partial charge in [-0.1, -0.05) is 37.3 Å². The van der Waals surface area contributed by atoms with Crippen LogP contribution in [0.3, 0.4) is 0 Å². The molecule has 3 heteroatoms. The zero-order valence-electron chi connectivity index (χ0n) is 10.2. The van der Waals surface area contributed by atoms with Crippen LogP contribution in [0.25, 0.3) is 0 Å². The second kappa shape index (κ2) is 5.32. The van der Waals surface area contributed by atoms with E-state index in [1.165, 1.54) is 5.56 Å². The van der Waals surface area contributed by atoms with Crippen LogP contribution in [0.4, 0.5) is 0 Å². The predicted molar refractivity (Wildman–Crippen MR) is 68.6 cm³/mol. The van der Waals surface area contributed by atoms with E-state index in [2.05, 4.69) is 17.4 Å². The third kappa shape index (κ3) is 2.86. The molecule has 0 aromatic heterocycles. The van der Waals surface area contributed by atoms with Crippen molar-refractivity contribution in [2.75, 3.05) is 6.54 Å². The van der Waals surface area contributed by atoms with Crippen molar-refractivity contribution in [1.29, 1.82) is 0 Å². The molecular formula is C14H20N2O. The largest absolute Gasteiger partial charge is 0.352 e. The first kappa shape index (κ1) is 12.1. The van der Waals surface area contributed by atoms with Crippen LogP contribution >= 0.6 is 0 Å². The number of nitrogens with two attached hydrogens (primary N) is 1. The van der Waals surface area contributed by atoms with Crippen LogP contribution in [0.2, 0.25) is 0 Å². The smallest absolute Gasteiger partial charge is 0.224 e. The molecule has 1 aliphatic carbocycles. The molecule has 17 heavy (non-hydrogen) atoms. The summed E-state index contributed by atoms with van der Waals surface area (Å²) in [6, 6.07) is 10.4. The van der Waals surface area contributed by atoms with E-state index in [1.54, 1.807) is 0 Å². The number of nitrogens with one attached hydrogen (secondary N) is 1. The molecule has 0 spiro atoms. The molecule has 1 aromatic rings. The minimum absolute atomic E-state index is 0.125. The molecule has 0 aliphatic heterocycles. The molecule has 1 aromatic carbocycles. The lowest BCUT2D eigenvalue weighted by Crippen LogP contribution is -2.40. The molecule has 3 nitrogen and oxygen atoms in total. The van der Waals surface area contributed by atoms with E-state index in [0.29, 0.717) is 12.5 Å². The molecule has 0 heterocycles.